The highest BCUT2D eigenvalue weighted by molar-refractivity contribution is 7.07. The van der Waals surface area contributed by atoms with E-state index in [4.69, 9.17) is 5.73 Å². The van der Waals surface area contributed by atoms with Crippen molar-refractivity contribution in [2.75, 3.05) is 13.1 Å². The van der Waals surface area contributed by atoms with Gasteiger partial charge in [-0.05, 0) is 53.0 Å². The number of nitrogens with two attached hydrogens (primary N) is 1. The number of likely N-dealkylation sites (tertiary alicyclic amines) is 1. The van der Waals surface area contributed by atoms with Gasteiger partial charge < -0.3 is 10.8 Å². The topological polar surface area (TPSA) is 49.5 Å². The van der Waals surface area contributed by atoms with Gasteiger partial charge in [0.2, 0.25) is 0 Å². The molecule has 6 unspecified atom stereocenters. The number of hydrogen-bond acceptors (Lipinski definition) is 4. The Kier molecular flexibility index (Phi) is 2.56. The smallest absolute Gasteiger partial charge is 0.0726 e. The van der Waals surface area contributed by atoms with Gasteiger partial charge >= 0.3 is 0 Å². The molecule has 0 amide bonds. The van der Waals surface area contributed by atoms with Crippen molar-refractivity contribution in [2.45, 2.75) is 31.0 Å². The first-order valence-corrected chi connectivity index (χ1v) is 7.90. The second-order valence-corrected chi connectivity index (χ2v) is 6.92. The molecule has 1 aromatic heterocycles. The van der Waals surface area contributed by atoms with Gasteiger partial charge in [0.15, 0.2) is 0 Å². The van der Waals surface area contributed by atoms with Gasteiger partial charge in [-0.15, -0.1) is 0 Å². The number of nitrogens with zero attached hydrogens (tertiary/aromatic N) is 1. The molecule has 6 atom stereocenters. The van der Waals surface area contributed by atoms with Gasteiger partial charge in [-0.3, -0.25) is 4.90 Å². The van der Waals surface area contributed by atoms with Gasteiger partial charge in [-0.2, -0.15) is 11.3 Å². The predicted molar refractivity (Wildman–Crippen MR) is 72.3 cm³/mol. The van der Waals surface area contributed by atoms with Gasteiger partial charge in [-0.1, -0.05) is 0 Å². The average Bonchev–Trinajstić information content (AvgIpc) is 3.04. The molecule has 2 bridgehead atoms. The molecule has 3 aliphatic rings. The molecule has 1 aromatic rings. The Labute approximate surface area is 112 Å². The molecule has 1 aliphatic heterocycles. The van der Waals surface area contributed by atoms with Crippen molar-refractivity contribution >= 4 is 11.3 Å². The van der Waals surface area contributed by atoms with Gasteiger partial charge in [0.05, 0.1) is 6.10 Å². The van der Waals surface area contributed by atoms with Crippen LogP contribution in [0.25, 0.3) is 0 Å². The summed E-state index contributed by atoms with van der Waals surface area (Å²) in [7, 11) is 0. The maximum Gasteiger partial charge on any atom is 0.0726 e. The first kappa shape index (κ1) is 11.4. The Hall–Kier alpha value is -0.420. The zero-order valence-corrected chi connectivity index (χ0v) is 11.2. The summed E-state index contributed by atoms with van der Waals surface area (Å²) in [5.74, 6) is 2.12. The molecule has 2 aliphatic carbocycles. The third kappa shape index (κ3) is 1.40. The Morgan fingerprint density at radius 1 is 1.44 bits per heavy atom. The molecule has 4 rings (SSSR count). The molecule has 1 saturated heterocycles. The van der Waals surface area contributed by atoms with E-state index >= 15 is 0 Å². The number of rotatable bonds is 3. The van der Waals surface area contributed by atoms with E-state index in [9.17, 15) is 5.11 Å². The van der Waals surface area contributed by atoms with E-state index in [2.05, 4.69) is 21.7 Å². The lowest BCUT2D eigenvalue weighted by Gasteiger charge is -2.34. The van der Waals surface area contributed by atoms with Crippen LogP contribution < -0.4 is 5.73 Å². The third-order valence-corrected chi connectivity index (χ3v) is 6.14. The number of aliphatic hydroxyl groups is 1. The van der Waals surface area contributed by atoms with Crippen LogP contribution in [0.4, 0.5) is 0 Å². The molecule has 2 saturated carbocycles. The predicted octanol–water partition coefficient (Wildman–Crippen LogP) is 1.45. The lowest BCUT2D eigenvalue weighted by atomic mass is 9.88. The van der Waals surface area contributed by atoms with E-state index in [1.807, 2.05) is 0 Å². The standard InChI is InChI=1S/C14H20N2OS/c15-5-12(8-1-2-18-7-8)16-6-10-3-9-4-11(10)13(16)14(9)17/h1-2,7,9-14,17H,3-6,15H2. The van der Waals surface area contributed by atoms with Gasteiger partial charge in [0.25, 0.3) is 0 Å². The first-order valence-electron chi connectivity index (χ1n) is 6.95. The second kappa shape index (κ2) is 4.04. The van der Waals surface area contributed by atoms with Crippen LogP contribution in [0, 0.1) is 17.8 Å². The number of hydrogen-bond donors (Lipinski definition) is 2. The van der Waals surface area contributed by atoms with Crippen LogP contribution >= 0.6 is 11.3 Å². The molecule has 3 fully saturated rings. The lowest BCUT2D eigenvalue weighted by Crippen LogP contribution is -2.44. The van der Waals surface area contributed by atoms with Gasteiger partial charge in [0, 0.05) is 25.2 Å². The number of fused-ring (bicyclic) bond motifs is 1. The SMILES string of the molecule is NCC(c1ccsc1)N1CC2CC3CC2C1C3O. The molecular weight excluding hydrogens is 244 g/mol. The third-order valence-electron chi connectivity index (χ3n) is 5.44. The van der Waals surface area contributed by atoms with Crippen molar-refractivity contribution in [1.29, 1.82) is 0 Å². The maximum atomic E-state index is 10.4. The molecule has 0 spiro atoms. The van der Waals surface area contributed by atoms with Crippen molar-refractivity contribution in [3.63, 3.8) is 0 Å². The zero-order chi connectivity index (χ0) is 12.3. The van der Waals surface area contributed by atoms with Crippen molar-refractivity contribution in [3.05, 3.63) is 22.4 Å². The van der Waals surface area contributed by atoms with E-state index < -0.39 is 0 Å². The summed E-state index contributed by atoms with van der Waals surface area (Å²) in [6.45, 7) is 1.80. The Morgan fingerprint density at radius 3 is 3.00 bits per heavy atom. The summed E-state index contributed by atoms with van der Waals surface area (Å²) in [4.78, 5) is 2.51. The van der Waals surface area contributed by atoms with Crippen LogP contribution in [-0.2, 0) is 0 Å². The van der Waals surface area contributed by atoms with Crippen molar-refractivity contribution in [2.24, 2.45) is 23.5 Å². The van der Waals surface area contributed by atoms with Crippen molar-refractivity contribution in [1.82, 2.24) is 4.90 Å². The van der Waals surface area contributed by atoms with Gasteiger partial charge in [-0.25, -0.2) is 0 Å². The molecule has 98 valence electrons. The minimum absolute atomic E-state index is 0.110. The van der Waals surface area contributed by atoms with Crippen LogP contribution in [-0.4, -0.2) is 35.2 Å². The molecule has 3 nitrogen and oxygen atoms in total. The quantitative estimate of drug-likeness (QED) is 0.869. The second-order valence-electron chi connectivity index (χ2n) is 6.14. The van der Waals surface area contributed by atoms with E-state index in [0.717, 1.165) is 18.4 Å². The van der Waals surface area contributed by atoms with E-state index in [1.54, 1.807) is 11.3 Å². The summed E-state index contributed by atoms with van der Waals surface area (Å²) < 4.78 is 0. The molecule has 3 N–H and O–H groups in total. The fourth-order valence-electron chi connectivity index (χ4n) is 4.74. The molecule has 0 aromatic carbocycles. The van der Waals surface area contributed by atoms with E-state index in [0.29, 0.717) is 24.5 Å². The summed E-state index contributed by atoms with van der Waals surface area (Å²) in [5, 5.41) is 14.8. The summed E-state index contributed by atoms with van der Waals surface area (Å²) in [6.07, 6.45) is 2.37. The van der Waals surface area contributed by atoms with E-state index in [-0.39, 0.29) is 6.10 Å². The highest BCUT2D eigenvalue weighted by atomic mass is 32.1. The zero-order valence-electron chi connectivity index (χ0n) is 10.4. The molecular formula is C14H20N2OS. The van der Waals surface area contributed by atoms with E-state index in [1.165, 1.54) is 18.4 Å². The minimum Gasteiger partial charge on any atom is -0.391 e. The highest BCUT2D eigenvalue weighted by Gasteiger charge is 2.59. The largest absolute Gasteiger partial charge is 0.391 e. The maximum absolute atomic E-state index is 10.4. The van der Waals surface area contributed by atoms with Crippen LogP contribution in [0.1, 0.15) is 24.4 Å². The van der Waals surface area contributed by atoms with Crippen molar-refractivity contribution < 1.29 is 5.11 Å². The highest BCUT2D eigenvalue weighted by Crippen LogP contribution is 2.56. The average molecular weight is 264 g/mol. The molecule has 2 heterocycles. The van der Waals surface area contributed by atoms with Crippen LogP contribution in [0.2, 0.25) is 0 Å². The summed E-state index contributed by atoms with van der Waals surface area (Å²) >= 11 is 1.73. The normalized spacial score (nSPS) is 43.8. The monoisotopic (exact) mass is 264 g/mol. The number of aliphatic hydroxyl groups excluding tert-OH is 1. The summed E-state index contributed by atoms with van der Waals surface area (Å²) in [5.41, 5.74) is 7.35. The Morgan fingerprint density at radius 2 is 2.33 bits per heavy atom. The first-order chi connectivity index (χ1) is 8.79. The van der Waals surface area contributed by atoms with Crippen LogP contribution in [0.15, 0.2) is 16.8 Å². The lowest BCUT2D eigenvalue weighted by molar-refractivity contribution is 0.0357. The van der Waals surface area contributed by atoms with Crippen LogP contribution in [0.3, 0.4) is 0 Å². The molecule has 0 radical (unpaired) electrons. The number of thiophene rings is 1. The Bertz CT molecular complexity index is 433. The summed E-state index contributed by atoms with van der Waals surface area (Å²) in [6, 6.07) is 2.86. The van der Waals surface area contributed by atoms with Crippen LogP contribution in [0.5, 0.6) is 0 Å². The molecule has 18 heavy (non-hydrogen) atoms. The van der Waals surface area contributed by atoms with Gasteiger partial charge in [0.1, 0.15) is 0 Å². The van der Waals surface area contributed by atoms with Crippen molar-refractivity contribution in [3.8, 4) is 0 Å². The fourth-order valence-corrected chi connectivity index (χ4v) is 5.45. The minimum atomic E-state index is -0.110. The fraction of sp³-hybridized carbons (Fsp3) is 0.714. The Balaban J connectivity index is 1.65. The molecule has 4 heteroatoms.